The third-order valence-electron chi connectivity index (χ3n) is 5.24. The molecule has 1 aliphatic heterocycles. The number of hydrogen-bond donors (Lipinski definition) is 0. The van der Waals surface area contributed by atoms with Gasteiger partial charge in [0, 0.05) is 31.7 Å². The molecule has 148 valence electrons. The number of carbonyl (C=O) groups excluding carboxylic acids is 2. The lowest BCUT2D eigenvalue weighted by Crippen LogP contribution is -2.56. The van der Waals surface area contributed by atoms with Crippen LogP contribution in [0.3, 0.4) is 0 Å². The lowest BCUT2D eigenvalue weighted by Gasteiger charge is -2.38. The molecule has 1 aliphatic rings. The van der Waals surface area contributed by atoms with Crippen LogP contribution in [0, 0.1) is 13.8 Å². The molecule has 0 spiro atoms. The molecule has 2 aromatic rings. The van der Waals surface area contributed by atoms with Gasteiger partial charge in [-0.3, -0.25) is 9.59 Å². The van der Waals surface area contributed by atoms with Crippen LogP contribution in [0.2, 0.25) is 0 Å². The molecule has 0 saturated carbocycles. The summed E-state index contributed by atoms with van der Waals surface area (Å²) >= 11 is 0. The van der Waals surface area contributed by atoms with E-state index in [1.807, 2.05) is 67.3 Å². The summed E-state index contributed by atoms with van der Waals surface area (Å²) in [5.74, 6) is 0.633. The zero-order valence-electron chi connectivity index (χ0n) is 17.1. The number of para-hydroxylation sites is 1. The number of nitrogens with zero attached hydrogens (tertiary/aromatic N) is 2. The van der Waals surface area contributed by atoms with E-state index in [2.05, 4.69) is 0 Å². The zero-order chi connectivity index (χ0) is 20.3. The van der Waals surface area contributed by atoms with Crippen LogP contribution in [0.4, 0.5) is 0 Å². The molecule has 0 N–H and O–H groups in total. The number of amides is 2. The van der Waals surface area contributed by atoms with E-state index in [1.54, 1.807) is 18.7 Å². The van der Waals surface area contributed by atoms with E-state index >= 15 is 0 Å². The highest BCUT2D eigenvalue weighted by Gasteiger charge is 2.36. The molecule has 0 unspecified atom stereocenters. The van der Waals surface area contributed by atoms with E-state index in [4.69, 9.17) is 4.74 Å². The van der Waals surface area contributed by atoms with Crippen LogP contribution >= 0.6 is 0 Å². The van der Waals surface area contributed by atoms with Crippen molar-refractivity contribution < 1.29 is 14.3 Å². The summed E-state index contributed by atoms with van der Waals surface area (Å²) in [4.78, 5) is 29.3. The van der Waals surface area contributed by atoms with E-state index < -0.39 is 5.60 Å². The average molecular weight is 380 g/mol. The fourth-order valence-corrected chi connectivity index (χ4v) is 3.38. The number of rotatable bonds is 4. The van der Waals surface area contributed by atoms with Crippen molar-refractivity contribution in [1.29, 1.82) is 0 Å². The van der Waals surface area contributed by atoms with Crippen LogP contribution in [0.5, 0.6) is 5.75 Å². The molecule has 28 heavy (non-hydrogen) atoms. The molecule has 0 aromatic heterocycles. The Morgan fingerprint density at radius 2 is 1.46 bits per heavy atom. The Morgan fingerprint density at radius 3 is 2.07 bits per heavy atom. The molecule has 1 heterocycles. The summed E-state index contributed by atoms with van der Waals surface area (Å²) in [5, 5.41) is 0. The smallest absolute Gasteiger partial charge is 0.266 e. The minimum atomic E-state index is -0.957. The van der Waals surface area contributed by atoms with Crippen molar-refractivity contribution in [2.24, 2.45) is 0 Å². The fourth-order valence-electron chi connectivity index (χ4n) is 3.38. The van der Waals surface area contributed by atoms with Crippen LogP contribution in [-0.4, -0.2) is 53.4 Å². The SMILES string of the molecule is Cc1ccc(C(=O)N2CCN(C(=O)C(C)(C)Oc3ccccc3)CC2)cc1C. The summed E-state index contributed by atoms with van der Waals surface area (Å²) in [6.07, 6.45) is 0. The quantitative estimate of drug-likeness (QED) is 0.816. The van der Waals surface area contributed by atoms with Crippen molar-refractivity contribution in [1.82, 2.24) is 9.80 Å². The first kappa shape index (κ1) is 19.9. The minimum absolute atomic E-state index is 0.0231. The predicted octanol–water partition coefficient (Wildman–Crippen LogP) is 3.45. The Morgan fingerprint density at radius 1 is 0.857 bits per heavy atom. The standard InChI is InChI=1S/C23H28N2O3/c1-17-10-11-19(16-18(17)2)21(26)24-12-14-25(15-13-24)22(27)23(3,4)28-20-8-6-5-7-9-20/h5-11,16H,12-15H2,1-4H3. The van der Waals surface area contributed by atoms with Crippen molar-refractivity contribution in [3.63, 3.8) is 0 Å². The van der Waals surface area contributed by atoms with Gasteiger partial charge in [-0.2, -0.15) is 0 Å². The highest BCUT2D eigenvalue weighted by Crippen LogP contribution is 2.21. The van der Waals surface area contributed by atoms with Crippen molar-refractivity contribution in [3.05, 3.63) is 65.2 Å². The minimum Gasteiger partial charge on any atom is -0.478 e. The van der Waals surface area contributed by atoms with Crippen LogP contribution in [-0.2, 0) is 4.79 Å². The maximum Gasteiger partial charge on any atom is 0.266 e. The van der Waals surface area contributed by atoms with Gasteiger partial charge in [0.1, 0.15) is 5.75 Å². The van der Waals surface area contributed by atoms with E-state index in [0.717, 1.165) is 5.56 Å². The molecule has 3 rings (SSSR count). The van der Waals surface area contributed by atoms with Gasteiger partial charge >= 0.3 is 0 Å². The topological polar surface area (TPSA) is 49.9 Å². The summed E-state index contributed by atoms with van der Waals surface area (Å²) in [7, 11) is 0. The second-order valence-electron chi connectivity index (χ2n) is 7.81. The molecule has 2 amide bonds. The molecule has 1 saturated heterocycles. The van der Waals surface area contributed by atoms with Crippen molar-refractivity contribution >= 4 is 11.8 Å². The van der Waals surface area contributed by atoms with Gasteiger partial charge in [-0.1, -0.05) is 24.3 Å². The third-order valence-corrected chi connectivity index (χ3v) is 5.24. The highest BCUT2D eigenvalue weighted by molar-refractivity contribution is 5.94. The fraction of sp³-hybridized carbons (Fsp3) is 0.391. The Balaban J connectivity index is 1.60. The number of aryl methyl sites for hydroxylation is 2. The number of carbonyl (C=O) groups is 2. The normalized spacial score (nSPS) is 14.7. The summed E-state index contributed by atoms with van der Waals surface area (Å²) < 4.78 is 5.91. The molecular formula is C23H28N2O3. The van der Waals surface area contributed by atoms with E-state index in [0.29, 0.717) is 37.5 Å². The van der Waals surface area contributed by atoms with E-state index in [1.165, 1.54) is 5.56 Å². The largest absolute Gasteiger partial charge is 0.478 e. The van der Waals surface area contributed by atoms with Gasteiger partial charge in [-0.25, -0.2) is 0 Å². The summed E-state index contributed by atoms with van der Waals surface area (Å²) in [6, 6.07) is 15.1. The first-order chi connectivity index (χ1) is 13.3. The molecule has 2 aromatic carbocycles. The van der Waals surface area contributed by atoms with Gasteiger partial charge in [0.05, 0.1) is 0 Å². The van der Waals surface area contributed by atoms with Gasteiger partial charge in [-0.05, 0) is 63.1 Å². The molecule has 1 fully saturated rings. The second kappa shape index (κ2) is 8.05. The molecule has 0 aliphatic carbocycles. The molecule has 0 radical (unpaired) electrons. The summed E-state index contributed by atoms with van der Waals surface area (Å²) in [6.45, 7) is 9.69. The number of benzene rings is 2. The molecule has 0 atom stereocenters. The Hall–Kier alpha value is -2.82. The van der Waals surface area contributed by atoms with Crippen molar-refractivity contribution in [3.8, 4) is 5.75 Å². The molecule has 5 heteroatoms. The van der Waals surface area contributed by atoms with Gasteiger partial charge in [0.15, 0.2) is 5.60 Å². The van der Waals surface area contributed by atoms with Crippen molar-refractivity contribution in [2.75, 3.05) is 26.2 Å². The number of piperazine rings is 1. The monoisotopic (exact) mass is 380 g/mol. The maximum absolute atomic E-state index is 13.0. The van der Waals surface area contributed by atoms with Crippen LogP contribution in [0.1, 0.15) is 35.3 Å². The van der Waals surface area contributed by atoms with Crippen molar-refractivity contribution in [2.45, 2.75) is 33.3 Å². The highest BCUT2D eigenvalue weighted by atomic mass is 16.5. The Labute approximate surface area is 166 Å². The first-order valence-corrected chi connectivity index (χ1v) is 9.68. The van der Waals surface area contributed by atoms with Gasteiger partial charge in [0.25, 0.3) is 11.8 Å². The lowest BCUT2D eigenvalue weighted by molar-refractivity contribution is -0.147. The maximum atomic E-state index is 13.0. The first-order valence-electron chi connectivity index (χ1n) is 9.68. The third kappa shape index (κ3) is 4.35. The second-order valence-corrected chi connectivity index (χ2v) is 7.81. The van der Waals surface area contributed by atoms with E-state index in [-0.39, 0.29) is 11.8 Å². The Bertz CT molecular complexity index is 853. The number of ether oxygens (including phenoxy) is 1. The average Bonchev–Trinajstić information content (AvgIpc) is 2.69. The van der Waals surface area contributed by atoms with Gasteiger partial charge in [0.2, 0.25) is 0 Å². The number of hydrogen-bond acceptors (Lipinski definition) is 3. The van der Waals surface area contributed by atoms with Crippen LogP contribution in [0.25, 0.3) is 0 Å². The summed E-state index contributed by atoms with van der Waals surface area (Å²) in [5.41, 5.74) is 2.03. The molecule has 5 nitrogen and oxygen atoms in total. The molecule has 0 bridgehead atoms. The lowest BCUT2D eigenvalue weighted by atomic mass is 10.0. The molecular weight excluding hydrogens is 352 g/mol. The predicted molar refractivity (Wildman–Crippen MR) is 110 cm³/mol. The Kier molecular flexibility index (Phi) is 5.73. The van der Waals surface area contributed by atoms with Gasteiger partial charge < -0.3 is 14.5 Å². The zero-order valence-corrected chi connectivity index (χ0v) is 17.1. The van der Waals surface area contributed by atoms with Gasteiger partial charge in [-0.15, -0.1) is 0 Å². The van der Waals surface area contributed by atoms with E-state index in [9.17, 15) is 9.59 Å². The van der Waals surface area contributed by atoms with Crippen LogP contribution < -0.4 is 4.74 Å². The van der Waals surface area contributed by atoms with Crippen LogP contribution in [0.15, 0.2) is 48.5 Å².